The molecule has 0 aliphatic heterocycles. The van der Waals surface area contributed by atoms with Crippen LogP contribution in [0.2, 0.25) is 0 Å². The molecule has 0 heteroatoms. The van der Waals surface area contributed by atoms with E-state index >= 15 is 0 Å². The van der Waals surface area contributed by atoms with E-state index in [9.17, 15) is 0 Å². The maximum atomic E-state index is 2.59. The predicted octanol–water partition coefficient (Wildman–Crippen LogP) is 8.11. The Morgan fingerprint density at radius 1 is 0.913 bits per heavy atom. The van der Waals surface area contributed by atoms with E-state index in [0.717, 1.165) is 11.8 Å². The Hall–Kier alpha value is 0. The van der Waals surface area contributed by atoms with Crippen LogP contribution in [0, 0.1) is 33.5 Å². The number of rotatable bonds is 6. The molecular weight excluding hydrogens is 276 g/mol. The molecule has 1 rings (SSSR count). The molecule has 2 unspecified atom stereocenters. The van der Waals surface area contributed by atoms with Crippen molar-refractivity contribution in [1.29, 1.82) is 0 Å². The summed E-state index contributed by atoms with van der Waals surface area (Å²) in [5.41, 5.74) is 1.86. The molecule has 2 atom stereocenters. The quantitative estimate of drug-likeness (QED) is 0.433. The van der Waals surface area contributed by atoms with Gasteiger partial charge in [0.1, 0.15) is 0 Å². The highest BCUT2D eigenvalue weighted by Gasteiger charge is 2.49. The molecule has 0 aromatic heterocycles. The molecular formula is C23H46. The summed E-state index contributed by atoms with van der Waals surface area (Å²) < 4.78 is 0. The Labute approximate surface area is 148 Å². The first-order valence-electron chi connectivity index (χ1n) is 10.3. The molecule has 1 saturated carbocycles. The van der Waals surface area contributed by atoms with Crippen molar-refractivity contribution in [3.05, 3.63) is 0 Å². The summed E-state index contributed by atoms with van der Waals surface area (Å²) in [7, 11) is 0. The lowest BCUT2D eigenvalue weighted by atomic mass is 9.54. The van der Waals surface area contributed by atoms with Crippen LogP contribution in [-0.2, 0) is 0 Å². The zero-order valence-electron chi connectivity index (χ0n) is 18.1. The van der Waals surface area contributed by atoms with Crippen molar-refractivity contribution < 1.29 is 0 Å². The van der Waals surface area contributed by atoms with Gasteiger partial charge in [0.15, 0.2) is 0 Å². The number of hydrogen-bond donors (Lipinski definition) is 0. The van der Waals surface area contributed by atoms with Crippen LogP contribution in [-0.4, -0.2) is 0 Å². The molecule has 0 saturated heterocycles. The van der Waals surface area contributed by atoms with E-state index < -0.39 is 0 Å². The molecule has 1 aliphatic rings. The summed E-state index contributed by atoms with van der Waals surface area (Å²) >= 11 is 0. The smallest absolute Gasteiger partial charge is 0.0283 e. The van der Waals surface area contributed by atoms with Crippen LogP contribution >= 0.6 is 0 Å². The summed E-state index contributed by atoms with van der Waals surface area (Å²) in [5, 5.41) is 0. The third-order valence-electron chi connectivity index (χ3n) is 7.40. The highest BCUT2D eigenvalue weighted by Crippen LogP contribution is 2.58. The molecule has 0 radical (unpaired) electrons. The molecule has 138 valence electrons. The van der Waals surface area contributed by atoms with Gasteiger partial charge >= 0.3 is 0 Å². The predicted molar refractivity (Wildman–Crippen MR) is 106 cm³/mol. The average Bonchev–Trinajstić information content (AvgIpc) is 2.50. The molecule has 1 aliphatic carbocycles. The second kappa shape index (κ2) is 7.09. The zero-order chi connectivity index (χ0) is 18.1. The second-order valence-corrected chi connectivity index (χ2v) is 11.2. The third kappa shape index (κ3) is 4.99. The van der Waals surface area contributed by atoms with Crippen LogP contribution in [0.5, 0.6) is 0 Å². The molecule has 0 aromatic rings. The Morgan fingerprint density at radius 2 is 1.43 bits per heavy atom. The monoisotopic (exact) mass is 322 g/mol. The molecule has 1 fully saturated rings. The van der Waals surface area contributed by atoms with Gasteiger partial charge in [0.25, 0.3) is 0 Å². The fraction of sp³-hybridized carbons (Fsp3) is 1.00. The molecule has 23 heavy (non-hydrogen) atoms. The Bertz CT molecular complexity index is 367. The van der Waals surface area contributed by atoms with Crippen LogP contribution in [0.3, 0.4) is 0 Å². The largest absolute Gasteiger partial charge is 0.0651 e. The van der Waals surface area contributed by atoms with Gasteiger partial charge in [-0.2, -0.15) is 0 Å². The van der Waals surface area contributed by atoms with Gasteiger partial charge in [-0.3, -0.25) is 0 Å². The summed E-state index contributed by atoms with van der Waals surface area (Å²) in [6, 6.07) is 0. The summed E-state index contributed by atoms with van der Waals surface area (Å²) in [4.78, 5) is 0. The normalized spacial score (nSPS) is 28.4. The Balaban J connectivity index is 3.21. The third-order valence-corrected chi connectivity index (χ3v) is 7.40. The van der Waals surface area contributed by atoms with Gasteiger partial charge in [-0.15, -0.1) is 0 Å². The standard InChI is InChI=1S/C23H46/c1-11-18-14-15-20(4,5)16-21(6,7)19(18)22(8,9)17-23(10,12-2)13-3/h18-19H,11-17H2,1-10H3. The van der Waals surface area contributed by atoms with Crippen molar-refractivity contribution in [2.45, 2.75) is 114 Å². The molecule has 0 spiro atoms. The van der Waals surface area contributed by atoms with Gasteiger partial charge in [0, 0.05) is 0 Å². The zero-order valence-corrected chi connectivity index (χ0v) is 18.1. The Kier molecular flexibility index (Phi) is 6.48. The van der Waals surface area contributed by atoms with E-state index in [4.69, 9.17) is 0 Å². The minimum atomic E-state index is 0.422. The lowest BCUT2D eigenvalue weighted by Gasteiger charge is -2.51. The number of hydrogen-bond acceptors (Lipinski definition) is 0. The summed E-state index contributed by atoms with van der Waals surface area (Å²) in [6.07, 6.45) is 9.54. The van der Waals surface area contributed by atoms with Gasteiger partial charge < -0.3 is 0 Å². The van der Waals surface area contributed by atoms with E-state index in [-0.39, 0.29) is 0 Å². The minimum Gasteiger partial charge on any atom is -0.0651 e. The SMILES string of the molecule is CCC1CCC(C)(C)CC(C)(C)C1C(C)(C)CC(C)(CC)CC. The van der Waals surface area contributed by atoms with Gasteiger partial charge in [-0.05, 0) is 59.2 Å². The van der Waals surface area contributed by atoms with Gasteiger partial charge in [0.2, 0.25) is 0 Å². The highest BCUT2D eigenvalue weighted by atomic mass is 14.5. The van der Waals surface area contributed by atoms with E-state index in [0.29, 0.717) is 21.7 Å². The van der Waals surface area contributed by atoms with Gasteiger partial charge in [-0.1, -0.05) is 88.5 Å². The first kappa shape index (κ1) is 21.0. The first-order chi connectivity index (χ1) is 10.3. The molecule has 0 bridgehead atoms. The summed E-state index contributed by atoms with van der Waals surface area (Å²) in [5.74, 6) is 1.72. The highest BCUT2D eigenvalue weighted by molar-refractivity contribution is 4.99. The van der Waals surface area contributed by atoms with Crippen LogP contribution in [0.4, 0.5) is 0 Å². The molecule has 0 aromatic carbocycles. The van der Waals surface area contributed by atoms with E-state index in [1.165, 1.54) is 44.9 Å². The maximum absolute atomic E-state index is 2.59. The molecule has 0 amide bonds. The van der Waals surface area contributed by atoms with Crippen molar-refractivity contribution in [1.82, 2.24) is 0 Å². The molecule has 0 nitrogen and oxygen atoms in total. The van der Waals surface area contributed by atoms with Crippen LogP contribution < -0.4 is 0 Å². The molecule has 0 N–H and O–H groups in total. The second-order valence-electron chi connectivity index (χ2n) is 11.2. The lowest BCUT2D eigenvalue weighted by Crippen LogP contribution is -2.43. The lowest BCUT2D eigenvalue weighted by molar-refractivity contribution is -0.0205. The van der Waals surface area contributed by atoms with E-state index in [1.807, 2.05) is 0 Å². The summed E-state index contributed by atoms with van der Waals surface area (Å²) in [6.45, 7) is 25.0. The van der Waals surface area contributed by atoms with Gasteiger partial charge in [-0.25, -0.2) is 0 Å². The minimum absolute atomic E-state index is 0.422. The fourth-order valence-electron chi connectivity index (χ4n) is 6.66. The van der Waals surface area contributed by atoms with Crippen LogP contribution in [0.1, 0.15) is 114 Å². The van der Waals surface area contributed by atoms with Gasteiger partial charge in [0.05, 0.1) is 0 Å². The van der Waals surface area contributed by atoms with E-state index in [1.54, 1.807) is 0 Å². The van der Waals surface area contributed by atoms with Crippen molar-refractivity contribution in [2.75, 3.05) is 0 Å². The topological polar surface area (TPSA) is 0 Å². The van der Waals surface area contributed by atoms with Crippen molar-refractivity contribution in [3.8, 4) is 0 Å². The van der Waals surface area contributed by atoms with Crippen molar-refractivity contribution in [2.24, 2.45) is 33.5 Å². The van der Waals surface area contributed by atoms with Crippen molar-refractivity contribution >= 4 is 0 Å². The Morgan fingerprint density at radius 3 is 1.87 bits per heavy atom. The van der Waals surface area contributed by atoms with Crippen LogP contribution in [0.25, 0.3) is 0 Å². The molecule has 0 heterocycles. The van der Waals surface area contributed by atoms with Crippen molar-refractivity contribution in [3.63, 3.8) is 0 Å². The fourth-order valence-corrected chi connectivity index (χ4v) is 6.66. The maximum Gasteiger partial charge on any atom is -0.0283 e. The average molecular weight is 323 g/mol. The first-order valence-corrected chi connectivity index (χ1v) is 10.3. The van der Waals surface area contributed by atoms with Crippen LogP contribution in [0.15, 0.2) is 0 Å². The van der Waals surface area contributed by atoms with E-state index in [2.05, 4.69) is 69.2 Å².